The third-order valence-corrected chi connectivity index (χ3v) is 3.66. The fourth-order valence-electron chi connectivity index (χ4n) is 2.59. The quantitative estimate of drug-likeness (QED) is 0.735. The van der Waals surface area contributed by atoms with Crippen LogP contribution >= 0.6 is 0 Å². The van der Waals surface area contributed by atoms with Crippen LogP contribution < -0.4 is 5.32 Å². The van der Waals surface area contributed by atoms with Crippen LogP contribution in [-0.2, 0) is 0 Å². The molecule has 15 heavy (non-hydrogen) atoms. The number of aliphatic hydroxyl groups excluding tert-OH is 1. The summed E-state index contributed by atoms with van der Waals surface area (Å²) in [4.78, 5) is 0. The Morgan fingerprint density at radius 2 is 2.13 bits per heavy atom. The molecule has 2 heteroatoms. The number of nitrogens with one attached hydrogen (secondary N) is 1. The molecule has 1 heterocycles. The topological polar surface area (TPSA) is 32.3 Å². The van der Waals surface area contributed by atoms with Crippen molar-refractivity contribution in [3.63, 3.8) is 0 Å². The Kier molecular flexibility index (Phi) is 1.99. The molecule has 1 aliphatic heterocycles. The lowest BCUT2D eigenvalue weighted by Gasteiger charge is -2.31. The highest BCUT2D eigenvalue weighted by Crippen LogP contribution is 2.43. The third-order valence-electron chi connectivity index (χ3n) is 3.66. The molecule has 0 spiro atoms. The van der Waals surface area contributed by atoms with E-state index in [1.54, 1.807) is 0 Å². The summed E-state index contributed by atoms with van der Waals surface area (Å²) in [5, 5.41) is 13.7. The van der Waals surface area contributed by atoms with Crippen molar-refractivity contribution in [2.75, 3.05) is 5.32 Å². The highest BCUT2D eigenvalue weighted by Gasteiger charge is 2.36. The van der Waals surface area contributed by atoms with E-state index in [4.69, 9.17) is 0 Å². The van der Waals surface area contributed by atoms with Gasteiger partial charge in [-0.15, -0.1) is 0 Å². The van der Waals surface area contributed by atoms with Crippen LogP contribution in [0.2, 0.25) is 0 Å². The number of anilines is 1. The highest BCUT2D eigenvalue weighted by atomic mass is 16.3. The Bertz CT molecular complexity index is 384. The standard InChI is InChI=1S/C13H17NO/c1-8-3-2-4-10-12(15)7-11(9-5-6-9)14-13(8)10/h2-4,9,11-12,14-15H,5-7H2,1H3. The monoisotopic (exact) mass is 203 g/mol. The average molecular weight is 203 g/mol. The number of rotatable bonds is 1. The van der Waals surface area contributed by atoms with Gasteiger partial charge in [0.25, 0.3) is 0 Å². The van der Waals surface area contributed by atoms with E-state index in [9.17, 15) is 5.11 Å². The maximum atomic E-state index is 10.1. The van der Waals surface area contributed by atoms with E-state index in [2.05, 4.69) is 18.3 Å². The lowest BCUT2D eigenvalue weighted by molar-refractivity contribution is 0.152. The smallest absolute Gasteiger partial charge is 0.0829 e. The first-order chi connectivity index (χ1) is 7.25. The number of aryl methyl sites for hydroxylation is 1. The van der Waals surface area contributed by atoms with Crippen LogP contribution in [0.1, 0.15) is 36.5 Å². The van der Waals surface area contributed by atoms with Crippen molar-refractivity contribution < 1.29 is 5.11 Å². The van der Waals surface area contributed by atoms with Gasteiger partial charge < -0.3 is 10.4 Å². The molecule has 2 nitrogen and oxygen atoms in total. The Balaban J connectivity index is 1.97. The normalized spacial score (nSPS) is 29.5. The van der Waals surface area contributed by atoms with E-state index >= 15 is 0 Å². The fourth-order valence-corrected chi connectivity index (χ4v) is 2.59. The second-order valence-electron chi connectivity index (χ2n) is 4.88. The summed E-state index contributed by atoms with van der Waals surface area (Å²) in [7, 11) is 0. The lowest BCUT2D eigenvalue weighted by Crippen LogP contribution is -2.30. The maximum Gasteiger partial charge on any atom is 0.0829 e. The van der Waals surface area contributed by atoms with Gasteiger partial charge >= 0.3 is 0 Å². The van der Waals surface area contributed by atoms with E-state index in [1.807, 2.05) is 12.1 Å². The zero-order valence-corrected chi connectivity index (χ0v) is 9.03. The third kappa shape index (κ3) is 1.53. The molecule has 1 aromatic carbocycles. The predicted octanol–water partition coefficient (Wildman–Crippen LogP) is 2.62. The molecule has 2 atom stereocenters. The number of hydrogen-bond donors (Lipinski definition) is 2. The molecule has 2 unspecified atom stereocenters. The number of para-hydroxylation sites is 1. The molecule has 2 N–H and O–H groups in total. The van der Waals surface area contributed by atoms with Gasteiger partial charge in [0.05, 0.1) is 6.10 Å². The van der Waals surface area contributed by atoms with E-state index < -0.39 is 0 Å². The van der Waals surface area contributed by atoms with Crippen LogP contribution in [0.4, 0.5) is 5.69 Å². The van der Waals surface area contributed by atoms with Crippen LogP contribution in [0.3, 0.4) is 0 Å². The summed E-state index contributed by atoms with van der Waals surface area (Å²) < 4.78 is 0. The summed E-state index contributed by atoms with van der Waals surface area (Å²) in [6, 6.07) is 6.65. The van der Waals surface area contributed by atoms with E-state index in [1.165, 1.54) is 24.1 Å². The molecule has 0 amide bonds. The van der Waals surface area contributed by atoms with Crippen molar-refractivity contribution >= 4 is 5.69 Å². The van der Waals surface area contributed by atoms with Gasteiger partial charge in [-0.3, -0.25) is 0 Å². The molecule has 3 rings (SSSR count). The molecule has 80 valence electrons. The van der Waals surface area contributed by atoms with E-state index in [0.29, 0.717) is 6.04 Å². The van der Waals surface area contributed by atoms with Gasteiger partial charge in [0.1, 0.15) is 0 Å². The van der Waals surface area contributed by atoms with E-state index in [0.717, 1.165) is 17.9 Å². The van der Waals surface area contributed by atoms with Crippen LogP contribution in [0.25, 0.3) is 0 Å². The van der Waals surface area contributed by atoms with Gasteiger partial charge in [0.2, 0.25) is 0 Å². The summed E-state index contributed by atoms with van der Waals surface area (Å²) in [6.45, 7) is 2.10. The maximum absolute atomic E-state index is 10.1. The minimum absolute atomic E-state index is 0.272. The zero-order valence-electron chi connectivity index (χ0n) is 9.03. The number of fused-ring (bicyclic) bond motifs is 1. The molecule has 1 aliphatic carbocycles. The van der Waals surface area contributed by atoms with Gasteiger partial charge in [-0.25, -0.2) is 0 Å². The zero-order chi connectivity index (χ0) is 10.4. The summed E-state index contributed by atoms with van der Waals surface area (Å²) in [6.07, 6.45) is 3.25. The first-order valence-corrected chi connectivity index (χ1v) is 5.80. The molecule has 1 saturated carbocycles. The minimum Gasteiger partial charge on any atom is -0.388 e. The van der Waals surface area contributed by atoms with Crippen molar-refractivity contribution in [2.45, 2.75) is 38.3 Å². The Hall–Kier alpha value is -1.02. The van der Waals surface area contributed by atoms with Crippen LogP contribution in [0, 0.1) is 12.8 Å². The first kappa shape index (κ1) is 9.22. The molecule has 0 radical (unpaired) electrons. The molecule has 1 fully saturated rings. The molecule has 1 aromatic rings. The van der Waals surface area contributed by atoms with Crippen molar-refractivity contribution in [3.8, 4) is 0 Å². The number of hydrogen-bond acceptors (Lipinski definition) is 2. The van der Waals surface area contributed by atoms with Gasteiger partial charge in [0, 0.05) is 17.3 Å². The van der Waals surface area contributed by atoms with Gasteiger partial charge in [-0.2, -0.15) is 0 Å². The minimum atomic E-state index is -0.272. The van der Waals surface area contributed by atoms with Crippen LogP contribution in [0.5, 0.6) is 0 Å². The number of aliphatic hydroxyl groups is 1. The molecular weight excluding hydrogens is 186 g/mol. The summed E-state index contributed by atoms with van der Waals surface area (Å²) in [5.74, 6) is 0.799. The molecule has 0 aromatic heterocycles. The summed E-state index contributed by atoms with van der Waals surface area (Å²) in [5.41, 5.74) is 3.50. The van der Waals surface area contributed by atoms with E-state index in [-0.39, 0.29) is 6.10 Å². The average Bonchev–Trinajstić information content (AvgIpc) is 3.02. The van der Waals surface area contributed by atoms with Crippen molar-refractivity contribution in [3.05, 3.63) is 29.3 Å². The van der Waals surface area contributed by atoms with Gasteiger partial charge in [-0.1, -0.05) is 18.2 Å². The second kappa shape index (κ2) is 3.24. The van der Waals surface area contributed by atoms with Gasteiger partial charge in [0.15, 0.2) is 0 Å². The summed E-state index contributed by atoms with van der Waals surface area (Å²) >= 11 is 0. The van der Waals surface area contributed by atoms with Gasteiger partial charge in [-0.05, 0) is 37.7 Å². The molecule has 2 aliphatic rings. The molecular formula is C13H17NO. The van der Waals surface area contributed by atoms with Crippen molar-refractivity contribution in [1.82, 2.24) is 0 Å². The Morgan fingerprint density at radius 1 is 1.33 bits per heavy atom. The second-order valence-corrected chi connectivity index (χ2v) is 4.88. The predicted molar refractivity (Wildman–Crippen MR) is 60.9 cm³/mol. The fraction of sp³-hybridized carbons (Fsp3) is 0.538. The molecule has 0 saturated heterocycles. The highest BCUT2D eigenvalue weighted by molar-refractivity contribution is 5.60. The lowest BCUT2D eigenvalue weighted by atomic mass is 9.91. The Labute approximate surface area is 90.3 Å². The van der Waals surface area contributed by atoms with Crippen molar-refractivity contribution in [1.29, 1.82) is 0 Å². The molecule has 0 bridgehead atoms. The SMILES string of the molecule is Cc1cccc2c1NC(C1CC1)CC2O. The van der Waals surface area contributed by atoms with Crippen LogP contribution in [0.15, 0.2) is 18.2 Å². The van der Waals surface area contributed by atoms with Crippen LogP contribution in [-0.4, -0.2) is 11.1 Å². The largest absolute Gasteiger partial charge is 0.388 e. The first-order valence-electron chi connectivity index (χ1n) is 5.80. The Morgan fingerprint density at radius 3 is 2.87 bits per heavy atom. The van der Waals surface area contributed by atoms with Crippen molar-refractivity contribution in [2.24, 2.45) is 5.92 Å². The number of benzene rings is 1.